The maximum atomic E-state index is 11.7. The SMILES string of the molecule is CC(C)(C)NC(=O)CSC(Cc1ccccc1)C(=O)O. The van der Waals surface area contributed by atoms with Crippen molar-refractivity contribution < 1.29 is 14.7 Å². The number of aliphatic carboxylic acids is 1. The van der Waals surface area contributed by atoms with Crippen molar-refractivity contribution in [3.8, 4) is 0 Å². The highest BCUT2D eigenvalue weighted by Gasteiger charge is 2.21. The molecule has 2 N–H and O–H groups in total. The van der Waals surface area contributed by atoms with Crippen LogP contribution in [0.4, 0.5) is 0 Å². The van der Waals surface area contributed by atoms with Crippen molar-refractivity contribution in [1.82, 2.24) is 5.32 Å². The van der Waals surface area contributed by atoms with Crippen LogP contribution >= 0.6 is 11.8 Å². The summed E-state index contributed by atoms with van der Waals surface area (Å²) in [6, 6.07) is 9.44. The van der Waals surface area contributed by atoms with Crippen LogP contribution in [0.3, 0.4) is 0 Å². The maximum absolute atomic E-state index is 11.7. The molecule has 1 rings (SSSR count). The van der Waals surface area contributed by atoms with Crippen LogP contribution < -0.4 is 5.32 Å². The number of carboxylic acids is 1. The van der Waals surface area contributed by atoms with Crippen molar-refractivity contribution in [2.24, 2.45) is 0 Å². The number of thioether (sulfide) groups is 1. The van der Waals surface area contributed by atoms with E-state index in [4.69, 9.17) is 0 Å². The Hall–Kier alpha value is -1.49. The van der Waals surface area contributed by atoms with E-state index in [1.165, 1.54) is 0 Å². The van der Waals surface area contributed by atoms with Gasteiger partial charge in [0.15, 0.2) is 0 Å². The van der Waals surface area contributed by atoms with Gasteiger partial charge in [0.25, 0.3) is 0 Å². The molecule has 20 heavy (non-hydrogen) atoms. The van der Waals surface area contributed by atoms with Gasteiger partial charge in [0.1, 0.15) is 5.25 Å². The van der Waals surface area contributed by atoms with Crippen molar-refractivity contribution in [3.05, 3.63) is 35.9 Å². The molecule has 0 spiro atoms. The van der Waals surface area contributed by atoms with Crippen LogP contribution in [-0.4, -0.2) is 33.5 Å². The number of carbonyl (C=O) groups excluding carboxylic acids is 1. The predicted molar refractivity (Wildman–Crippen MR) is 81.9 cm³/mol. The van der Waals surface area contributed by atoms with Gasteiger partial charge in [-0.3, -0.25) is 9.59 Å². The molecule has 1 amide bonds. The standard InChI is InChI=1S/C15H21NO3S/c1-15(2,3)16-13(17)10-20-12(14(18)19)9-11-7-5-4-6-8-11/h4-8,12H,9-10H2,1-3H3,(H,16,17)(H,18,19). The van der Waals surface area contributed by atoms with E-state index in [1.807, 2.05) is 51.1 Å². The Morgan fingerprint density at radius 1 is 1.25 bits per heavy atom. The molecule has 0 fully saturated rings. The van der Waals surface area contributed by atoms with Crippen molar-refractivity contribution in [2.45, 2.75) is 38.0 Å². The average Bonchev–Trinajstić information content (AvgIpc) is 2.33. The first-order valence-electron chi connectivity index (χ1n) is 6.47. The van der Waals surface area contributed by atoms with Crippen LogP contribution in [-0.2, 0) is 16.0 Å². The van der Waals surface area contributed by atoms with Crippen molar-refractivity contribution in [1.29, 1.82) is 0 Å². The molecule has 0 saturated heterocycles. The second-order valence-corrected chi connectivity index (χ2v) is 6.82. The Morgan fingerprint density at radius 2 is 1.85 bits per heavy atom. The molecule has 0 heterocycles. The molecule has 4 nitrogen and oxygen atoms in total. The second kappa shape index (κ2) is 7.33. The van der Waals surface area contributed by atoms with Gasteiger partial charge in [-0.15, -0.1) is 11.8 Å². The summed E-state index contributed by atoms with van der Waals surface area (Å²) in [6.45, 7) is 5.69. The van der Waals surface area contributed by atoms with Gasteiger partial charge in [-0.25, -0.2) is 0 Å². The zero-order chi connectivity index (χ0) is 15.2. The summed E-state index contributed by atoms with van der Waals surface area (Å²) in [5.74, 6) is -0.870. The second-order valence-electron chi connectivity index (χ2n) is 5.63. The van der Waals surface area contributed by atoms with E-state index in [2.05, 4.69) is 5.32 Å². The van der Waals surface area contributed by atoms with Gasteiger partial charge in [-0.2, -0.15) is 0 Å². The van der Waals surface area contributed by atoms with Crippen LogP contribution in [0, 0.1) is 0 Å². The number of carboxylic acid groups (broad SMARTS) is 1. The van der Waals surface area contributed by atoms with Crippen molar-refractivity contribution >= 4 is 23.6 Å². The molecule has 1 aromatic carbocycles. The Labute approximate surface area is 124 Å². The highest BCUT2D eigenvalue weighted by atomic mass is 32.2. The summed E-state index contributed by atoms with van der Waals surface area (Å²) in [7, 11) is 0. The lowest BCUT2D eigenvalue weighted by Gasteiger charge is -2.21. The fraction of sp³-hybridized carbons (Fsp3) is 0.467. The highest BCUT2D eigenvalue weighted by molar-refractivity contribution is 8.01. The van der Waals surface area contributed by atoms with E-state index >= 15 is 0 Å². The molecular weight excluding hydrogens is 274 g/mol. The van der Waals surface area contributed by atoms with Gasteiger partial charge in [0.2, 0.25) is 5.91 Å². The molecule has 1 unspecified atom stereocenters. The fourth-order valence-corrected chi connectivity index (χ4v) is 2.55. The average molecular weight is 295 g/mol. The van der Waals surface area contributed by atoms with Crippen molar-refractivity contribution in [2.75, 3.05) is 5.75 Å². The van der Waals surface area contributed by atoms with Gasteiger partial charge in [0, 0.05) is 5.54 Å². The van der Waals surface area contributed by atoms with Crippen LogP contribution in [0.5, 0.6) is 0 Å². The number of rotatable bonds is 6. The van der Waals surface area contributed by atoms with E-state index in [9.17, 15) is 14.7 Å². The molecule has 0 aliphatic rings. The van der Waals surface area contributed by atoms with Crippen LogP contribution in [0.25, 0.3) is 0 Å². The normalized spacial score (nSPS) is 12.8. The molecule has 0 aromatic heterocycles. The Kier molecular flexibility index (Phi) is 6.07. The smallest absolute Gasteiger partial charge is 0.316 e. The molecule has 0 aliphatic carbocycles. The first-order chi connectivity index (χ1) is 9.28. The largest absolute Gasteiger partial charge is 0.480 e. The summed E-state index contributed by atoms with van der Waals surface area (Å²) in [5.41, 5.74) is 0.666. The molecule has 1 aromatic rings. The number of carbonyl (C=O) groups is 2. The third-order valence-electron chi connectivity index (χ3n) is 2.47. The summed E-state index contributed by atoms with van der Waals surface area (Å²) in [5, 5.41) is 11.4. The van der Waals surface area contributed by atoms with Gasteiger partial charge in [-0.05, 0) is 32.8 Å². The molecule has 1 atom stereocenters. The molecule has 0 saturated carbocycles. The quantitative estimate of drug-likeness (QED) is 0.845. The van der Waals surface area contributed by atoms with E-state index in [1.54, 1.807) is 0 Å². The third-order valence-corrected chi connectivity index (χ3v) is 3.67. The Morgan fingerprint density at radius 3 is 2.35 bits per heavy atom. The molecule has 0 aliphatic heterocycles. The van der Waals surface area contributed by atoms with E-state index in [0.717, 1.165) is 17.3 Å². The number of nitrogens with one attached hydrogen (secondary N) is 1. The van der Waals surface area contributed by atoms with Gasteiger partial charge in [-0.1, -0.05) is 30.3 Å². The van der Waals surface area contributed by atoms with Gasteiger partial charge >= 0.3 is 5.97 Å². The lowest BCUT2D eigenvalue weighted by atomic mass is 10.1. The number of benzene rings is 1. The Bertz CT molecular complexity index is 454. The number of hydrogen-bond donors (Lipinski definition) is 2. The van der Waals surface area contributed by atoms with Gasteiger partial charge < -0.3 is 10.4 Å². The predicted octanol–water partition coefficient (Wildman–Crippen LogP) is 2.33. The van der Waals surface area contributed by atoms with E-state index < -0.39 is 11.2 Å². The summed E-state index contributed by atoms with van der Waals surface area (Å²) in [4.78, 5) is 23.0. The summed E-state index contributed by atoms with van der Waals surface area (Å²) in [6.07, 6.45) is 0.420. The lowest BCUT2D eigenvalue weighted by Crippen LogP contribution is -2.42. The first-order valence-corrected chi connectivity index (χ1v) is 7.52. The van der Waals surface area contributed by atoms with Crippen LogP contribution in [0.1, 0.15) is 26.3 Å². The minimum atomic E-state index is -0.887. The molecule has 0 bridgehead atoms. The zero-order valence-corrected chi connectivity index (χ0v) is 12.9. The van der Waals surface area contributed by atoms with Crippen LogP contribution in [0.15, 0.2) is 30.3 Å². The van der Waals surface area contributed by atoms with Gasteiger partial charge in [0.05, 0.1) is 5.75 Å². The lowest BCUT2D eigenvalue weighted by molar-refractivity contribution is -0.136. The summed E-state index contributed by atoms with van der Waals surface area (Å²) < 4.78 is 0. The molecule has 110 valence electrons. The third kappa shape index (κ3) is 6.61. The molecule has 5 heteroatoms. The van der Waals surface area contributed by atoms with Crippen LogP contribution in [0.2, 0.25) is 0 Å². The minimum absolute atomic E-state index is 0.137. The first kappa shape index (κ1) is 16.6. The zero-order valence-electron chi connectivity index (χ0n) is 12.1. The highest BCUT2D eigenvalue weighted by Crippen LogP contribution is 2.17. The number of amides is 1. The monoisotopic (exact) mass is 295 g/mol. The van der Waals surface area contributed by atoms with E-state index in [-0.39, 0.29) is 17.2 Å². The van der Waals surface area contributed by atoms with E-state index in [0.29, 0.717) is 6.42 Å². The molecule has 0 radical (unpaired) electrons. The number of hydrogen-bond acceptors (Lipinski definition) is 3. The maximum Gasteiger partial charge on any atom is 0.316 e. The Balaban J connectivity index is 2.52. The minimum Gasteiger partial charge on any atom is -0.480 e. The topological polar surface area (TPSA) is 66.4 Å². The summed E-state index contributed by atoms with van der Waals surface area (Å²) >= 11 is 1.16. The van der Waals surface area contributed by atoms with Crippen molar-refractivity contribution in [3.63, 3.8) is 0 Å². The fourth-order valence-electron chi connectivity index (χ4n) is 1.68. The molecular formula is C15H21NO3S.